The molecule has 2 N–H and O–H groups in total. The third kappa shape index (κ3) is 4.85. The van der Waals surface area contributed by atoms with Gasteiger partial charge in [-0.3, -0.25) is 9.59 Å². The number of amides is 2. The summed E-state index contributed by atoms with van der Waals surface area (Å²) in [6.45, 7) is 4.02. The first-order valence-corrected chi connectivity index (χ1v) is 10.7. The molecule has 2 amide bonds. The summed E-state index contributed by atoms with van der Waals surface area (Å²) in [4.78, 5) is 24.9. The Morgan fingerprint density at radius 3 is 2.60 bits per heavy atom. The van der Waals surface area contributed by atoms with Gasteiger partial charge >= 0.3 is 0 Å². The van der Waals surface area contributed by atoms with Crippen molar-refractivity contribution in [1.29, 1.82) is 0 Å². The molecule has 30 heavy (non-hydrogen) atoms. The summed E-state index contributed by atoms with van der Waals surface area (Å²) in [7, 11) is 0. The third-order valence-electron chi connectivity index (χ3n) is 4.58. The van der Waals surface area contributed by atoms with Gasteiger partial charge in [-0.05, 0) is 72.5 Å². The molecule has 0 saturated heterocycles. The number of para-hydroxylation sites is 1. The van der Waals surface area contributed by atoms with Crippen LogP contribution < -0.4 is 10.6 Å². The molecule has 3 aromatic rings. The van der Waals surface area contributed by atoms with E-state index in [-0.39, 0.29) is 23.6 Å². The third-order valence-corrected chi connectivity index (χ3v) is 5.50. The monoisotopic (exact) mass is 422 g/mol. The molecule has 2 aromatic carbocycles. The maximum absolute atomic E-state index is 12.5. The average Bonchev–Trinajstić information content (AvgIpc) is 3.39. The molecule has 1 aliphatic rings. The lowest BCUT2D eigenvalue weighted by Crippen LogP contribution is -2.27. The van der Waals surface area contributed by atoms with Gasteiger partial charge in [0.25, 0.3) is 5.91 Å². The topological polar surface area (TPSA) is 102 Å². The van der Waals surface area contributed by atoms with Gasteiger partial charge in [0.2, 0.25) is 11.1 Å². The van der Waals surface area contributed by atoms with Crippen molar-refractivity contribution in [3.63, 3.8) is 0 Å². The highest BCUT2D eigenvalue weighted by atomic mass is 32.2. The van der Waals surface area contributed by atoms with Crippen molar-refractivity contribution in [2.75, 3.05) is 11.1 Å². The minimum Gasteiger partial charge on any atom is -0.349 e. The van der Waals surface area contributed by atoms with E-state index in [1.165, 1.54) is 11.8 Å². The van der Waals surface area contributed by atoms with Crippen LogP contribution in [0.25, 0.3) is 5.69 Å². The minimum atomic E-state index is -0.235. The quantitative estimate of drug-likeness (QED) is 0.568. The lowest BCUT2D eigenvalue weighted by atomic mass is 10.1. The number of nitrogens with one attached hydrogen (secondary N) is 2. The number of carbonyl (C=O) groups excluding carboxylic acids is 2. The molecular weight excluding hydrogens is 400 g/mol. The zero-order chi connectivity index (χ0) is 21.1. The van der Waals surface area contributed by atoms with Crippen molar-refractivity contribution in [2.24, 2.45) is 0 Å². The van der Waals surface area contributed by atoms with Crippen LogP contribution in [0.15, 0.2) is 47.6 Å². The highest BCUT2D eigenvalue weighted by Gasteiger charge is 2.25. The van der Waals surface area contributed by atoms with Gasteiger partial charge in [-0.15, -0.1) is 5.10 Å². The van der Waals surface area contributed by atoms with Crippen LogP contribution in [0.5, 0.6) is 0 Å². The Balaban J connectivity index is 1.42. The first kappa shape index (κ1) is 20.1. The molecule has 1 saturated carbocycles. The van der Waals surface area contributed by atoms with Gasteiger partial charge in [0.1, 0.15) is 0 Å². The smallest absolute Gasteiger partial charge is 0.253 e. The first-order valence-electron chi connectivity index (χ1n) is 9.69. The van der Waals surface area contributed by atoms with Crippen LogP contribution in [0, 0.1) is 13.8 Å². The predicted octanol–water partition coefficient (Wildman–Crippen LogP) is 2.90. The fourth-order valence-corrected chi connectivity index (χ4v) is 3.79. The molecule has 0 atom stereocenters. The molecule has 1 aliphatic carbocycles. The van der Waals surface area contributed by atoms with Crippen LogP contribution in [0.1, 0.15) is 34.3 Å². The van der Waals surface area contributed by atoms with Crippen LogP contribution in [0.4, 0.5) is 5.69 Å². The molecular formula is C21H22N6O2S. The summed E-state index contributed by atoms with van der Waals surface area (Å²) in [6.07, 6.45) is 2.01. The van der Waals surface area contributed by atoms with E-state index in [0.29, 0.717) is 16.4 Å². The van der Waals surface area contributed by atoms with Crippen molar-refractivity contribution >= 4 is 29.3 Å². The molecule has 0 aliphatic heterocycles. The van der Waals surface area contributed by atoms with Gasteiger partial charge in [0.05, 0.1) is 22.7 Å². The van der Waals surface area contributed by atoms with Gasteiger partial charge in [-0.2, -0.15) is 4.68 Å². The maximum Gasteiger partial charge on any atom is 0.253 e. The van der Waals surface area contributed by atoms with Gasteiger partial charge in [-0.25, -0.2) is 0 Å². The molecule has 0 spiro atoms. The average molecular weight is 423 g/mol. The Hall–Kier alpha value is -3.20. The van der Waals surface area contributed by atoms with Crippen molar-refractivity contribution < 1.29 is 9.59 Å². The number of benzene rings is 2. The summed E-state index contributed by atoms with van der Waals surface area (Å²) in [6, 6.07) is 13.3. The first-order chi connectivity index (χ1) is 14.5. The number of carbonyl (C=O) groups is 2. The largest absolute Gasteiger partial charge is 0.349 e. The number of anilines is 1. The van der Waals surface area contributed by atoms with E-state index in [0.717, 1.165) is 29.7 Å². The molecule has 1 aromatic heterocycles. The number of nitrogens with zero attached hydrogens (tertiary/aromatic N) is 4. The van der Waals surface area contributed by atoms with Gasteiger partial charge < -0.3 is 10.6 Å². The van der Waals surface area contributed by atoms with E-state index in [4.69, 9.17) is 0 Å². The number of tetrazole rings is 1. The molecule has 0 unspecified atom stereocenters. The second kappa shape index (κ2) is 8.66. The molecule has 1 heterocycles. The normalized spacial score (nSPS) is 13.1. The fourth-order valence-electron chi connectivity index (χ4n) is 3.10. The van der Waals surface area contributed by atoms with Crippen molar-refractivity contribution in [1.82, 2.24) is 25.5 Å². The minimum absolute atomic E-state index is 0.115. The number of hydrogen-bond donors (Lipinski definition) is 2. The summed E-state index contributed by atoms with van der Waals surface area (Å²) in [5, 5.41) is 18.1. The second-order valence-electron chi connectivity index (χ2n) is 7.35. The number of hydrogen-bond acceptors (Lipinski definition) is 6. The summed E-state index contributed by atoms with van der Waals surface area (Å²) in [5.74, 6) is -0.287. The van der Waals surface area contributed by atoms with E-state index in [2.05, 4.69) is 32.2 Å². The van der Waals surface area contributed by atoms with E-state index >= 15 is 0 Å². The second-order valence-corrected chi connectivity index (χ2v) is 8.29. The zero-order valence-electron chi connectivity index (χ0n) is 16.8. The lowest BCUT2D eigenvalue weighted by molar-refractivity contribution is -0.113. The Bertz CT molecular complexity index is 1070. The van der Waals surface area contributed by atoms with Gasteiger partial charge in [0, 0.05) is 6.04 Å². The SMILES string of the molecule is Cc1cc(C)cc(-n2nnnc2SCC(=O)Nc2ccccc2C(=O)NC2CC2)c1. The van der Waals surface area contributed by atoms with Crippen molar-refractivity contribution in [3.8, 4) is 5.69 Å². The molecule has 1 fully saturated rings. The summed E-state index contributed by atoms with van der Waals surface area (Å²) < 4.78 is 1.62. The maximum atomic E-state index is 12.5. The van der Waals surface area contributed by atoms with Crippen LogP contribution in [0.2, 0.25) is 0 Å². The molecule has 0 radical (unpaired) electrons. The van der Waals surface area contributed by atoms with Crippen LogP contribution in [-0.2, 0) is 4.79 Å². The highest BCUT2D eigenvalue weighted by Crippen LogP contribution is 2.23. The van der Waals surface area contributed by atoms with Gasteiger partial charge in [-0.1, -0.05) is 30.0 Å². The van der Waals surface area contributed by atoms with E-state index in [1.54, 1.807) is 28.9 Å². The highest BCUT2D eigenvalue weighted by molar-refractivity contribution is 7.99. The van der Waals surface area contributed by atoms with Crippen molar-refractivity contribution in [2.45, 2.75) is 37.9 Å². The zero-order valence-corrected chi connectivity index (χ0v) is 17.6. The predicted molar refractivity (Wildman–Crippen MR) is 115 cm³/mol. The number of rotatable bonds is 7. The Morgan fingerprint density at radius 1 is 1.13 bits per heavy atom. The van der Waals surface area contributed by atoms with Crippen LogP contribution in [0.3, 0.4) is 0 Å². The van der Waals surface area contributed by atoms with Crippen LogP contribution >= 0.6 is 11.8 Å². The summed E-state index contributed by atoms with van der Waals surface area (Å²) >= 11 is 1.24. The van der Waals surface area contributed by atoms with Crippen molar-refractivity contribution in [3.05, 3.63) is 59.2 Å². The molecule has 9 heteroatoms. The standard InChI is InChI=1S/C21H22N6O2S/c1-13-9-14(2)11-16(10-13)27-21(24-25-26-27)30-12-19(28)23-18-6-4-3-5-17(18)20(29)22-15-7-8-15/h3-6,9-11,15H,7-8,12H2,1-2H3,(H,22,29)(H,23,28). The van der Waals surface area contributed by atoms with Crippen LogP contribution in [-0.4, -0.2) is 43.8 Å². The van der Waals surface area contributed by atoms with Gasteiger partial charge in [0.15, 0.2) is 0 Å². The molecule has 8 nitrogen and oxygen atoms in total. The van der Waals surface area contributed by atoms with E-state index in [9.17, 15) is 9.59 Å². The van der Waals surface area contributed by atoms with E-state index < -0.39 is 0 Å². The number of aryl methyl sites for hydroxylation is 2. The fraction of sp³-hybridized carbons (Fsp3) is 0.286. The summed E-state index contributed by atoms with van der Waals surface area (Å²) in [5.41, 5.74) is 4.02. The number of aromatic nitrogens is 4. The Labute approximate surface area is 178 Å². The Kier molecular flexibility index (Phi) is 5.80. The molecule has 0 bridgehead atoms. The lowest BCUT2D eigenvalue weighted by Gasteiger charge is -2.11. The van der Waals surface area contributed by atoms with E-state index in [1.807, 2.05) is 26.0 Å². The molecule has 4 rings (SSSR count). The Morgan fingerprint density at radius 2 is 1.87 bits per heavy atom. The number of thioether (sulfide) groups is 1. The molecule has 154 valence electrons.